The molecule has 3 aromatic rings. The molecule has 0 spiro atoms. The van der Waals surface area contributed by atoms with Gasteiger partial charge in [-0.1, -0.05) is 0 Å². The number of methoxy groups -OCH3 is 1. The van der Waals surface area contributed by atoms with E-state index in [4.69, 9.17) is 4.74 Å². The molecule has 0 bridgehead atoms. The van der Waals surface area contributed by atoms with Gasteiger partial charge in [-0.15, -0.1) is 0 Å². The lowest BCUT2D eigenvalue weighted by atomic mass is 10.1. The molecule has 0 fully saturated rings. The summed E-state index contributed by atoms with van der Waals surface area (Å²) >= 11 is -1.22. The molecule has 0 saturated carbocycles. The van der Waals surface area contributed by atoms with Crippen molar-refractivity contribution in [3.8, 4) is 17.0 Å². The zero-order valence-electron chi connectivity index (χ0n) is 12.9. The van der Waals surface area contributed by atoms with Crippen LogP contribution in [-0.2, 0) is 18.4 Å². The van der Waals surface area contributed by atoms with E-state index in [0.717, 1.165) is 11.3 Å². The Balaban J connectivity index is 2.21. The molecule has 0 aliphatic heterocycles. The summed E-state index contributed by atoms with van der Waals surface area (Å²) in [5, 5.41) is 0. The number of hydrogen-bond donors (Lipinski definition) is 1. The number of fused-ring (bicyclic) bond motifs is 1. The number of aryl methyl sites for hydroxylation is 1. The first kappa shape index (κ1) is 15.4. The molecule has 0 radical (unpaired) electrons. The summed E-state index contributed by atoms with van der Waals surface area (Å²) in [7, 11) is 3.25. The lowest BCUT2D eigenvalue weighted by Gasteiger charge is -2.14. The van der Waals surface area contributed by atoms with Crippen molar-refractivity contribution in [1.29, 1.82) is 0 Å². The molecule has 1 atom stereocenters. The maximum atomic E-state index is 12.1. The number of rotatable bonds is 4. The molecule has 3 rings (SSSR count). The second-order valence-electron chi connectivity index (χ2n) is 5.05. The fraction of sp³-hybridized carbons (Fsp3) is 0.200. The summed E-state index contributed by atoms with van der Waals surface area (Å²) in [6.07, 6.45) is 6.43. The minimum atomic E-state index is -1.22. The molecule has 7 nitrogen and oxygen atoms in total. The molecule has 0 aliphatic rings. The molecule has 120 valence electrons. The summed E-state index contributed by atoms with van der Waals surface area (Å²) in [5.41, 5.74) is 2.64. The highest BCUT2D eigenvalue weighted by Crippen LogP contribution is 2.31. The number of ether oxygens (including phenoxy) is 1. The van der Waals surface area contributed by atoms with Gasteiger partial charge in [0.05, 0.1) is 36.7 Å². The number of hydrogen-bond acceptors (Lipinski definition) is 5. The van der Waals surface area contributed by atoms with Gasteiger partial charge in [0.1, 0.15) is 23.2 Å². The second-order valence-corrected chi connectivity index (χ2v) is 6.16. The molecular formula is C15H16N4O3S. The number of imidazole rings is 1. The van der Waals surface area contributed by atoms with Gasteiger partial charge >= 0.3 is 0 Å². The first-order chi connectivity index (χ1) is 11.0. The van der Waals surface area contributed by atoms with Gasteiger partial charge in [0.15, 0.2) is 0 Å². The maximum absolute atomic E-state index is 12.1. The molecular weight excluding hydrogens is 316 g/mol. The summed E-state index contributed by atoms with van der Waals surface area (Å²) in [4.78, 5) is 16.2. The number of aromatic nitrogens is 3. The highest BCUT2D eigenvalue weighted by molar-refractivity contribution is 7.92. The molecule has 8 heteroatoms. The lowest BCUT2D eigenvalue weighted by molar-refractivity contribution is 0.417. The minimum Gasteiger partial charge on any atom is -0.593 e. The van der Waals surface area contributed by atoms with E-state index in [2.05, 4.69) is 9.71 Å². The highest BCUT2D eigenvalue weighted by atomic mass is 32.2. The highest BCUT2D eigenvalue weighted by Gasteiger charge is 2.13. The Bertz CT molecular complexity index is 917. The van der Waals surface area contributed by atoms with Crippen LogP contribution in [0.4, 0.5) is 5.69 Å². The summed E-state index contributed by atoms with van der Waals surface area (Å²) < 4.78 is 22.9. The Morgan fingerprint density at radius 2 is 2.17 bits per heavy atom. The zero-order valence-corrected chi connectivity index (χ0v) is 13.8. The van der Waals surface area contributed by atoms with E-state index < -0.39 is 11.4 Å². The largest absolute Gasteiger partial charge is 0.593 e. The number of anilines is 1. The SMILES string of the molecule is COc1ccc(-c2cn(C)c(=O)c3cncn23)cc1N[S+](C)[O-]. The predicted octanol–water partition coefficient (Wildman–Crippen LogP) is 1.41. The summed E-state index contributed by atoms with van der Waals surface area (Å²) in [6.45, 7) is 0. The van der Waals surface area contributed by atoms with Crippen LogP contribution in [0.5, 0.6) is 5.75 Å². The molecule has 1 unspecified atom stereocenters. The van der Waals surface area contributed by atoms with Crippen LogP contribution in [-0.4, -0.2) is 31.9 Å². The molecule has 23 heavy (non-hydrogen) atoms. The van der Waals surface area contributed by atoms with Crippen LogP contribution in [0.25, 0.3) is 16.8 Å². The smallest absolute Gasteiger partial charge is 0.276 e. The third-order valence-corrected chi connectivity index (χ3v) is 4.01. The molecule has 2 aromatic heterocycles. The van der Waals surface area contributed by atoms with E-state index in [1.165, 1.54) is 10.8 Å². The van der Waals surface area contributed by atoms with Crippen LogP contribution < -0.4 is 15.0 Å². The molecule has 0 aliphatic carbocycles. The Morgan fingerprint density at radius 1 is 1.39 bits per heavy atom. The van der Waals surface area contributed by atoms with Crippen LogP contribution >= 0.6 is 0 Å². The molecule has 1 N–H and O–H groups in total. The van der Waals surface area contributed by atoms with E-state index in [-0.39, 0.29) is 5.56 Å². The van der Waals surface area contributed by atoms with Crippen LogP contribution in [0.1, 0.15) is 0 Å². The Hall–Kier alpha value is -2.45. The van der Waals surface area contributed by atoms with E-state index in [0.29, 0.717) is 17.0 Å². The van der Waals surface area contributed by atoms with Gasteiger partial charge in [0, 0.05) is 18.8 Å². The van der Waals surface area contributed by atoms with Gasteiger partial charge in [-0.05, 0) is 18.2 Å². The van der Waals surface area contributed by atoms with Crippen molar-refractivity contribution in [2.75, 3.05) is 18.1 Å². The van der Waals surface area contributed by atoms with E-state index in [1.807, 2.05) is 12.1 Å². The van der Waals surface area contributed by atoms with Crippen LogP contribution in [0.2, 0.25) is 0 Å². The Labute approximate surface area is 135 Å². The Morgan fingerprint density at radius 3 is 2.87 bits per heavy atom. The van der Waals surface area contributed by atoms with Gasteiger partial charge in [-0.3, -0.25) is 9.20 Å². The maximum Gasteiger partial charge on any atom is 0.276 e. The molecule has 0 amide bonds. The van der Waals surface area contributed by atoms with E-state index in [9.17, 15) is 9.35 Å². The molecule has 0 saturated heterocycles. The number of benzene rings is 1. The first-order valence-corrected chi connectivity index (χ1v) is 8.37. The second kappa shape index (κ2) is 5.98. The van der Waals surface area contributed by atoms with Crippen molar-refractivity contribution < 1.29 is 9.29 Å². The van der Waals surface area contributed by atoms with Gasteiger partial charge < -0.3 is 13.9 Å². The molecule has 2 heterocycles. The van der Waals surface area contributed by atoms with Crippen LogP contribution in [0, 0.1) is 0 Å². The van der Waals surface area contributed by atoms with Crippen molar-refractivity contribution in [1.82, 2.24) is 14.0 Å². The lowest BCUT2D eigenvalue weighted by Crippen LogP contribution is -2.19. The van der Waals surface area contributed by atoms with E-state index >= 15 is 0 Å². The van der Waals surface area contributed by atoms with Crippen molar-refractivity contribution in [2.24, 2.45) is 7.05 Å². The average molecular weight is 332 g/mol. The zero-order chi connectivity index (χ0) is 16.6. The van der Waals surface area contributed by atoms with Crippen LogP contribution in [0.3, 0.4) is 0 Å². The van der Waals surface area contributed by atoms with Crippen LogP contribution in [0.15, 0.2) is 41.7 Å². The van der Waals surface area contributed by atoms with Crippen molar-refractivity contribution in [2.45, 2.75) is 0 Å². The summed E-state index contributed by atoms with van der Waals surface area (Å²) in [5.74, 6) is 0.593. The van der Waals surface area contributed by atoms with Crippen molar-refractivity contribution >= 4 is 22.6 Å². The topological polar surface area (TPSA) is 83.6 Å². The average Bonchev–Trinajstić information content (AvgIpc) is 3.00. The van der Waals surface area contributed by atoms with E-state index in [1.54, 1.807) is 43.4 Å². The van der Waals surface area contributed by atoms with Gasteiger partial charge in [0.25, 0.3) is 5.56 Å². The molecule has 1 aromatic carbocycles. The summed E-state index contributed by atoms with van der Waals surface area (Å²) in [6, 6.07) is 5.50. The third-order valence-electron chi connectivity index (χ3n) is 3.50. The number of nitrogens with zero attached hydrogens (tertiary/aromatic N) is 3. The fourth-order valence-electron chi connectivity index (χ4n) is 2.45. The van der Waals surface area contributed by atoms with Crippen molar-refractivity contribution in [3.05, 3.63) is 47.3 Å². The Kier molecular flexibility index (Phi) is 4.01. The van der Waals surface area contributed by atoms with Gasteiger partial charge in [-0.2, -0.15) is 0 Å². The van der Waals surface area contributed by atoms with Gasteiger partial charge in [-0.25, -0.2) is 9.71 Å². The van der Waals surface area contributed by atoms with Crippen molar-refractivity contribution in [3.63, 3.8) is 0 Å². The standard InChI is InChI=1S/C15H16N4O3S/c1-18-8-13(19-9-16-7-12(19)15(18)20)10-4-5-14(22-2)11(6-10)17-23(3)21/h4-9,17H,1-3H3. The number of nitrogens with one attached hydrogen (secondary N) is 1. The predicted molar refractivity (Wildman–Crippen MR) is 90.1 cm³/mol. The quantitative estimate of drug-likeness (QED) is 0.731. The fourth-order valence-corrected chi connectivity index (χ4v) is 2.91. The monoisotopic (exact) mass is 332 g/mol. The first-order valence-electron chi connectivity index (χ1n) is 6.81. The minimum absolute atomic E-state index is 0.118. The normalized spacial score (nSPS) is 12.3. The third kappa shape index (κ3) is 2.78. The van der Waals surface area contributed by atoms with Gasteiger partial charge in [0.2, 0.25) is 0 Å².